The molecule has 11 heavy (non-hydrogen) atoms. The molecule has 56 valence electrons. The van der Waals surface area contributed by atoms with Gasteiger partial charge in [0.2, 0.25) is 5.82 Å². The van der Waals surface area contributed by atoms with E-state index in [0.29, 0.717) is 11.7 Å². The fourth-order valence-corrected chi connectivity index (χ4v) is 1.32. The summed E-state index contributed by atoms with van der Waals surface area (Å²) in [5.41, 5.74) is 1.13. The summed E-state index contributed by atoms with van der Waals surface area (Å²) in [6.45, 7) is 0. The van der Waals surface area contributed by atoms with Crippen LogP contribution in [0.4, 0.5) is 0 Å². The van der Waals surface area contributed by atoms with Crippen LogP contribution in [-0.4, -0.2) is 9.97 Å². The standard InChI is InChI=1S/C8H9N3/c9-4-8-10-5-7(11-8)6-2-1-3-6/h5-6H,1-3H2,(H,10,11). The highest BCUT2D eigenvalue weighted by atomic mass is 14.9. The number of nitrogens with one attached hydrogen (secondary N) is 1. The van der Waals surface area contributed by atoms with Crippen molar-refractivity contribution >= 4 is 0 Å². The zero-order valence-corrected chi connectivity index (χ0v) is 6.17. The van der Waals surface area contributed by atoms with Crippen LogP contribution in [0.3, 0.4) is 0 Å². The minimum Gasteiger partial charge on any atom is -0.333 e. The molecule has 1 aromatic rings. The van der Waals surface area contributed by atoms with Crippen molar-refractivity contribution in [3.8, 4) is 6.07 Å². The van der Waals surface area contributed by atoms with Gasteiger partial charge < -0.3 is 4.98 Å². The molecule has 3 nitrogen and oxygen atoms in total. The summed E-state index contributed by atoms with van der Waals surface area (Å²) >= 11 is 0. The normalized spacial score (nSPS) is 17.4. The third kappa shape index (κ3) is 1.01. The molecule has 1 fully saturated rings. The number of hydrogen-bond acceptors (Lipinski definition) is 2. The summed E-state index contributed by atoms with van der Waals surface area (Å²) in [6.07, 6.45) is 5.58. The minimum atomic E-state index is 0.437. The Kier molecular flexibility index (Phi) is 1.39. The van der Waals surface area contributed by atoms with Crippen LogP contribution in [0.1, 0.15) is 36.7 Å². The van der Waals surface area contributed by atoms with Gasteiger partial charge in [-0.05, 0) is 12.8 Å². The maximum Gasteiger partial charge on any atom is 0.210 e. The number of hydrogen-bond donors (Lipinski definition) is 1. The second kappa shape index (κ2) is 2.39. The van der Waals surface area contributed by atoms with Crippen molar-refractivity contribution in [3.63, 3.8) is 0 Å². The van der Waals surface area contributed by atoms with E-state index in [2.05, 4.69) is 9.97 Å². The van der Waals surface area contributed by atoms with Gasteiger partial charge in [-0.3, -0.25) is 0 Å². The topological polar surface area (TPSA) is 52.5 Å². The van der Waals surface area contributed by atoms with E-state index in [1.807, 2.05) is 6.07 Å². The SMILES string of the molecule is N#Cc1ncc(C2CCC2)[nH]1. The van der Waals surface area contributed by atoms with Gasteiger partial charge in [-0.1, -0.05) is 6.42 Å². The van der Waals surface area contributed by atoms with Gasteiger partial charge in [0, 0.05) is 17.8 Å². The van der Waals surface area contributed by atoms with Gasteiger partial charge in [-0.15, -0.1) is 0 Å². The molecule has 0 saturated heterocycles. The molecule has 0 radical (unpaired) electrons. The molecule has 0 aromatic carbocycles. The fourth-order valence-electron chi connectivity index (χ4n) is 1.32. The smallest absolute Gasteiger partial charge is 0.210 e. The number of nitriles is 1. The largest absolute Gasteiger partial charge is 0.333 e. The zero-order valence-electron chi connectivity index (χ0n) is 6.17. The quantitative estimate of drug-likeness (QED) is 0.655. The first-order chi connectivity index (χ1) is 5.40. The molecule has 1 aliphatic rings. The van der Waals surface area contributed by atoms with E-state index in [1.165, 1.54) is 19.3 Å². The molecule has 0 amide bonds. The van der Waals surface area contributed by atoms with Crippen LogP contribution in [0.25, 0.3) is 0 Å². The van der Waals surface area contributed by atoms with Crippen LogP contribution in [0.5, 0.6) is 0 Å². The summed E-state index contributed by atoms with van der Waals surface area (Å²) in [5.74, 6) is 1.08. The highest BCUT2D eigenvalue weighted by Crippen LogP contribution is 2.34. The Bertz CT molecular complexity index is 291. The Labute approximate surface area is 65.1 Å². The third-order valence-electron chi connectivity index (χ3n) is 2.25. The van der Waals surface area contributed by atoms with E-state index < -0.39 is 0 Å². The molecule has 0 bridgehead atoms. The van der Waals surface area contributed by atoms with Gasteiger partial charge >= 0.3 is 0 Å². The summed E-state index contributed by atoms with van der Waals surface area (Å²) in [4.78, 5) is 6.91. The van der Waals surface area contributed by atoms with Gasteiger partial charge in [0.1, 0.15) is 6.07 Å². The monoisotopic (exact) mass is 147 g/mol. The Hall–Kier alpha value is -1.30. The lowest BCUT2D eigenvalue weighted by Crippen LogP contribution is -2.08. The van der Waals surface area contributed by atoms with Crippen LogP contribution >= 0.6 is 0 Å². The Morgan fingerprint density at radius 2 is 2.45 bits per heavy atom. The van der Waals surface area contributed by atoms with Gasteiger partial charge in [-0.2, -0.15) is 5.26 Å². The second-order valence-corrected chi connectivity index (χ2v) is 2.93. The molecule has 0 atom stereocenters. The van der Waals surface area contributed by atoms with Gasteiger partial charge in [0.15, 0.2) is 0 Å². The number of imidazole rings is 1. The van der Waals surface area contributed by atoms with Gasteiger partial charge in [-0.25, -0.2) is 4.98 Å². The van der Waals surface area contributed by atoms with Crippen molar-refractivity contribution in [1.82, 2.24) is 9.97 Å². The number of rotatable bonds is 1. The Morgan fingerprint density at radius 1 is 1.64 bits per heavy atom. The summed E-state index contributed by atoms with van der Waals surface area (Å²) in [7, 11) is 0. The molecule has 0 aliphatic heterocycles. The van der Waals surface area contributed by atoms with E-state index in [9.17, 15) is 0 Å². The summed E-state index contributed by atoms with van der Waals surface area (Å²) < 4.78 is 0. The molecule has 1 N–H and O–H groups in total. The van der Waals surface area contributed by atoms with Crippen molar-refractivity contribution in [2.45, 2.75) is 25.2 Å². The highest BCUT2D eigenvalue weighted by Gasteiger charge is 2.20. The minimum absolute atomic E-state index is 0.437. The van der Waals surface area contributed by atoms with Crippen LogP contribution < -0.4 is 0 Å². The van der Waals surface area contributed by atoms with Gasteiger partial charge in [0.25, 0.3) is 0 Å². The number of nitrogens with zero attached hydrogens (tertiary/aromatic N) is 2. The van der Waals surface area contributed by atoms with Crippen molar-refractivity contribution in [2.75, 3.05) is 0 Å². The van der Waals surface area contributed by atoms with E-state index >= 15 is 0 Å². The van der Waals surface area contributed by atoms with Gasteiger partial charge in [0.05, 0.1) is 0 Å². The molecule has 0 spiro atoms. The van der Waals surface area contributed by atoms with E-state index in [1.54, 1.807) is 6.20 Å². The average Bonchev–Trinajstić information content (AvgIpc) is 2.32. The molecule has 0 unspecified atom stereocenters. The molecule has 1 heterocycles. The predicted molar refractivity (Wildman–Crippen MR) is 39.9 cm³/mol. The number of aromatic amines is 1. The third-order valence-corrected chi connectivity index (χ3v) is 2.25. The first-order valence-electron chi connectivity index (χ1n) is 3.85. The summed E-state index contributed by atoms with van der Waals surface area (Å²) in [6, 6.07) is 1.98. The Balaban J connectivity index is 2.19. The van der Waals surface area contributed by atoms with E-state index in [0.717, 1.165) is 5.69 Å². The molecule has 1 aromatic heterocycles. The Morgan fingerprint density at radius 3 is 2.91 bits per heavy atom. The highest BCUT2D eigenvalue weighted by molar-refractivity contribution is 5.17. The average molecular weight is 147 g/mol. The molecular formula is C8H9N3. The molecule has 2 rings (SSSR count). The second-order valence-electron chi connectivity index (χ2n) is 2.93. The predicted octanol–water partition coefficient (Wildman–Crippen LogP) is 1.55. The molecule has 3 heteroatoms. The van der Waals surface area contributed by atoms with Crippen LogP contribution in [-0.2, 0) is 0 Å². The van der Waals surface area contributed by atoms with Crippen LogP contribution in [0, 0.1) is 11.3 Å². The maximum absolute atomic E-state index is 8.48. The molecular weight excluding hydrogens is 138 g/mol. The van der Waals surface area contributed by atoms with Crippen molar-refractivity contribution in [3.05, 3.63) is 17.7 Å². The van der Waals surface area contributed by atoms with E-state index in [4.69, 9.17) is 5.26 Å². The first kappa shape index (κ1) is 6.41. The number of H-pyrrole nitrogens is 1. The van der Waals surface area contributed by atoms with Crippen molar-refractivity contribution in [1.29, 1.82) is 5.26 Å². The lowest BCUT2D eigenvalue weighted by molar-refractivity contribution is 0.412. The van der Waals surface area contributed by atoms with Crippen LogP contribution in [0.2, 0.25) is 0 Å². The van der Waals surface area contributed by atoms with Crippen molar-refractivity contribution in [2.24, 2.45) is 0 Å². The fraction of sp³-hybridized carbons (Fsp3) is 0.500. The first-order valence-corrected chi connectivity index (χ1v) is 3.85. The van der Waals surface area contributed by atoms with Crippen molar-refractivity contribution < 1.29 is 0 Å². The van der Waals surface area contributed by atoms with E-state index in [-0.39, 0.29) is 0 Å². The molecule has 1 aliphatic carbocycles. The van der Waals surface area contributed by atoms with Crippen LogP contribution in [0.15, 0.2) is 6.20 Å². The number of aromatic nitrogens is 2. The lowest BCUT2D eigenvalue weighted by Gasteiger charge is -2.23. The molecule has 1 saturated carbocycles. The maximum atomic E-state index is 8.48. The lowest BCUT2D eigenvalue weighted by atomic mass is 9.83. The zero-order chi connectivity index (χ0) is 7.68. The summed E-state index contributed by atoms with van der Waals surface area (Å²) in [5, 5.41) is 8.48.